The number of amides is 1. The van der Waals surface area contributed by atoms with Crippen molar-refractivity contribution in [2.75, 3.05) is 21.3 Å². The van der Waals surface area contributed by atoms with Crippen molar-refractivity contribution < 1.29 is 19.0 Å². The SMILES string of the molecule is COc1cc(OC)c(OC)cc1/C=N/NC(=O)c1ccc(Br)cc1. The summed E-state index contributed by atoms with van der Waals surface area (Å²) in [5, 5.41) is 3.97. The Morgan fingerprint density at radius 3 is 2.17 bits per heavy atom. The first-order chi connectivity index (χ1) is 11.6. The van der Waals surface area contributed by atoms with Crippen molar-refractivity contribution >= 4 is 28.1 Å². The number of hydrogen-bond acceptors (Lipinski definition) is 5. The fourth-order valence-electron chi connectivity index (χ4n) is 1.98. The fourth-order valence-corrected chi connectivity index (χ4v) is 2.24. The van der Waals surface area contributed by atoms with Gasteiger partial charge in [-0.15, -0.1) is 0 Å². The second-order valence-corrected chi connectivity index (χ2v) is 5.57. The molecule has 0 aliphatic carbocycles. The summed E-state index contributed by atoms with van der Waals surface area (Å²) in [4.78, 5) is 12.0. The summed E-state index contributed by atoms with van der Waals surface area (Å²) in [6.45, 7) is 0. The quantitative estimate of drug-likeness (QED) is 0.605. The van der Waals surface area contributed by atoms with Crippen LogP contribution in [0.1, 0.15) is 15.9 Å². The normalized spacial score (nSPS) is 10.5. The van der Waals surface area contributed by atoms with Crippen molar-refractivity contribution in [2.24, 2.45) is 5.10 Å². The number of nitrogens with one attached hydrogen (secondary N) is 1. The molecular weight excluding hydrogens is 376 g/mol. The monoisotopic (exact) mass is 392 g/mol. The molecular formula is C17H17BrN2O4. The van der Waals surface area contributed by atoms with Gasteiger partial charge >= 0.3 is 0 Å². The highest BCUT2D eigenvalue weighted by atomic mass is 79.9. The molecule has 126 valence electrons. The first-order valence-corrected chi connectivity index (χ1v) is 7.77. The van der Waals surface area contributed by atoms with Crippen molar-refractivity contribution in [3.63, 3.8) is 0 Å². The Labute approximate surface area is 148 Å². The lowest BCUT2D eigenvalue weighted by Gasteiger charge is -2.11. The van der Waals surface area contributed by atoms with Crippen LogP contribution < -0.4 is 19.6 Å². The minimum absolute atomic E-state index is 0.307. The summed E-state index contributed by atoms with van der Waals surface area (Å²) in [7, 11) is 4.63. The van der Waals surface area contributed by atoms with E-state index in [9.17, 15) is 4.79 Å². The molecule has 24 heavy (non-hydrogen) atoms. The summed E-state index contributed by atoms with van der Waals surface area (Å²) in [6, 6.07) is 10.4. The number of hydrogen-bond donors (Lipinski definition) is 1. The molecule has 0 unspecified atom stereocenters. The van der Waals surface area contributed by atoms with Gasteiger partial charge in [-0.1, -0.05) is 15.9 Å². The Morgan fingerprint density at radius 1 is 1.00 bits per heavy atom. The molecule has 6 nitrogen and oxygen atoms in total. The highest BCUT2D eigenvalue weighted by Gasteiger charge is 2.10. The zero-order chi connectivity index (χ0) is 17.5. The van der Waals surface area contributed by atoms with E-state index in [1.54, 1.807) is 57.7 Å². The molecule has 1 N–H and O–H groups in total. The van der Waals surface area contributed by atoms with E-state index in [1.807, 2.05) is 0 Å². The minimum Gasteiger partial charge on any atom is -0.496 e. The van der Waals surface area contributed by atoms with Gasteiger partial charge in [0.2, 0.25) is 0 Å². The predicted molar refractivity (Wildman–Crippen MR) is 95.3 cm³/mol. The van der Waals surface area contributed by atoms with Gasteiger partial charge in [0.15, 0.2) is 11.5 Å². The second-order valence-electron chi connectivity index (χ2n) is 4.66. The molecule has 0 saturated carbocycles. The average Bonchev–Trinajstić information content (AvgIpc) is 2.61. The summed E-state index contributed by atoms with van der Waals surface area (Å²) >= 11 is 3.32. The van der Waals surface area contributed by atoms with Crippen LogP contribution in [0.15, 0.2) is 46.0 Å². The molecule has 0 saturated heterocycles. The first kappa shape index (κ1) is 17.8. The van der Waals surface area contributed by atoms with Crippen molar-refractivity contribution in [1.29, 1.82) is 0 Å². The van der Waals surface area contributed by atoms with Gasteiger partial charge in [0, 0.05) is 21.7 Å². The Hall–Kier alpha value is -2.54. The number of halogens is 1. The molecule has 0 bridgehead atoms. The molecule has 0 fully saturated rings. The first-order valence-electron chi connectivity index (χ1n) is 6.98. The van der Waals surface area contributed by atoms with E-state index >= 15 is 0 Å². The zero-order valence-corrected chi connectivity index (χ0v) is 15.1. The molecule has 0 atom stereocenters. The highest BCUT2D eigenvalue weighted by molar-refractivity contribution is 9.10. The van der Waals surface area contributed by atoms with Crippen molar-refractivity contribution in [3.05, 3.63) is 52.0 Å². The van der Waals surface area contributed by atoms with Gasteiger partial charge < -0.3 is 14.2 Å². The Morgan fingerprint density at radius 2 is 1.58 bits per heavy atom. The van der Waals surface area contributed by atoms with Crippen LogP contribution in [0.5, 0.6) is 17.2 Å². The molecule has 2 aromatic carbocycles. The van der Waals surface area contributed by atoms with Crippen LogP contribution in [0.3, 0.4) is 0 Å². The molecule has 2 aromatic rings. The second kappa shape index (κ2) is 8.35. The predicted octanol–water partition coefficient (Wildman–Crippen LogP) is 3.24. The van der Waals surface area contributed by atoms with Crippen LogP contribution in [0.2, 0.25) is 0 Å². The number of rotatable bonds is 6. The van der Waals surface area contributed by atoms with Crippen LogP contribution in [0.4, 0.5) is 0 Å². The topological polar surface area (TPSA) is 69.2 Å². The molecule has 0 radical (unpaired) electrons. The van der Waals surface area contributed by atoms with Crippen LogP contribution in [0, 0.1) is 0 Å². The third-order valence-electron chi connectivity index (χ3n) is 3.21. The minimum atomic E-state index is -0.307. The average molecular weight is 393 g/mol. The van der Waals surface area contributed by atoms with Crippen molar-refractivity contribution in [3.8, 4) is 17.2 Å². The molecule has 0 heterocycles. The Balaban J connectivity index is 2.16. The highest BCUT2D eigenvalue weighted by Crippen LogP contribution is 2.33. The van der Waals surface area contributed by atoms with E-state index < -0.39 is 0 Å². The third-order valence-corrected chi connectivity index (χ3v) is 3.74. The maximum Gasteiger partial charge on any atom is 0.271 e. The van der Waals surface area contributed by atoms with E-state index in [0.29, 0.717) is 28.4 Å². The summed E-state index contributed by atoms with van der Waals surface area (Å²) in [5.41, 5.74) is 3.63. The number of nitrogens with zero attached hydrogens (tertiary/aromatic N) is 1. The number of methoxy groups -OCH3 is 3. The van der Waals surface area contributed by atoms with Gasteiger partial charge in [-0.05, 0) is 30.3 Å². The summed E-state index contributed by atoms with van der Waals surface area (Å²) < 4.78 is 16.7. The van der Waals surface area contributed by atoms with Gasteiger partial charge in [-0.25, -0.2) is 5.43 Å². The number of hydrazone groups is 1. The molecule has 0 aromatic heterocycles. The van der Waals surface area contributed by atoms with E-state index in [2.05, 4.69) is 26.5 Å². The summed E-state index contributed by atoms with van der Waals surface area (Å²) in [6.07, 6.45) is 1.48. The van der Waals surface area contributed by atoms with Gasteiger partial charge in [0.1, 0.15) is 5.75 Å². The third kappa shape index (κ3) is 4.26. The van der Waals surface area contributed by atoms with Gasteiger partial charge in [0.25, 0.3) is 5.91 Å². The van der Waals surface area contributed by atoms with E-state index in [4.69, 9.17) is 14.2 Å². The molecule has 2 rings (SSSR count). The van der Waals surface area contributed by atoms with Gasteiger partial charge in [-0.2, -0.15) is 5.10 Å². The van der Waals surface area contributed by atoms with Crippen LogP contribution in [0.25, 0.3) is 0 Å². The largest absolute Gasteiger partial charge is 0.496 e. The Bertz CT molecular complexity index is 745. The number of carbonyl (C=O) groups is 1. The maximum atomic E-state index is 12.0. The fraction of sp³-hybridized carbons (Fsp3) is 0.176. The lowest BCUT2D eigenvalue weighted by Crippen LogP contribution is -2.17. The van der Waals surface area contributed by atoms with E-state index in [0.717, 1.165) is 4.47 Å². The molecule has 1 amide bonds. The smallest absolute Gasteiger partial charge is 0.271 e. The van der Waals surface area contributed by atoms with Crippen LogP contribution >= 0.6 is 15.9 Å². The number of carbonyl (C=O) groups excluding carboxylic acids is 1. The molecule has 0 spiro atoms. The van der Waals surface area contributed by atoms with Crippen LogP contribution in [-0.2, 0) is 0 Å². The summed E-state index contributed by atoms with van der Waals surface area (Å²) in [5.74, 6) is 1.33. The number of benzene rings is 2. The molecule has 7 heteroatoms. The standard InChI is InChI=1S/C17H17BrN2O4/c1-22-14-9-16(24-3)15(23-2)8-12(14)10-19-20-17(21)11-4-6-13(18)7-5-11/h4-10H,1-3H3,(H,20,21)/b19-10+. The van der Waals surface area contributed by atoms with Crippen LogP contribution in [-0.4, -0.2) is 33.5 Å². The van der Waals surface area contributed by atoms with Crippen molar-refractivity contribution in [1.82, 2.24) is 5.43 Å². The van der Waals surface area contributed by atoms with Gasteiger partial charge in [0.05, 0.1) is 27.5 Å². The van der Waals surface area contributed by atoms with E-state index in [-0.39, 0.29) is 5.91 Å². The number of ether oxygens (including phenoxy) is 3. The molecule has 0 aliphatic rings. The zero-order valence-electron chi connectivity index (χ0n) is 13.5. The lowest BCUT2D eigenvalue weighted by molar-refractivity contribution is 0.0955. The lowest BCUT2D eigenvalue weighted by atomic mass is 10.2. The van der Waals surface area contributed by atoms with Crippen molar-refractivity contribution in [2.45, 2.75) is 0 Å². The van der Waals surface area contributed by atoms with Gasteiger partial charge in [-0.3, -0.25) is 4.79 Å². The maximum absolute atomic E-state index is 12.0. The Kier molecular flexibility index (Phi) is 6.20. The van der Waals surface area contributed by atoms with E-state index in [1.165, 1.54) is 6.21 Å². The molecule has 0 aliphatic heterocycles.